The van der Waals surface area contributed by atoms with Crippen LogP contribution >= 0.6 is 15.9 Å². The van der Waals surface area contributed by atoms with Crippen LogP contribution in [0, 0.1) is 0 Å². The second-order valence-corrected chi connectivity index (χ2v) is 4.10. The van der Waals surface area contributed by atoms with E-state index < -0.39 is 6.04 Å². The van der Waals surface area contributed by atoms with Crippen molar-refractivity contribution >= 4 is 27.7 Å². The number of carbonyl (C=O) groups excluding carboxylic acids is 1. The summed E-state index contributed by atoms with van der Waals surface area (Å²) in [6, 6.07) is 1.16. The zero-order chi connectivity index (χ0) is 11.5. The van der Waals surface area contributed by atoms with Crippen molar-refractivity contribution in [2.24, 2.45) is 0 Å². The third-order valence-corrected chi connectivity index (χ3v) is 2.44. The fourth-order valence-corrected chi connectivity index (χ4v) is 1.46. The quantitative estimate of drug-likeness (QED) is 0.933. The number of carbonyl (C=O) groups is 1. The molecule has 0 saturated carbocycles. The van der Waals surface area contributed by atoms with Crippen LogP contribution in [0.4, 0.5) is 5.82 Å². The number of hydrogen-bond donors (Lipinski definition) is 1. The highest BCUT2D eigenvalue weighted by molar-refractivity contribution is 9.10. The van der Waals surface area contributed by atoms with E-state index >= 15 is 0 Å². The molecule has 1 atom stereocenters. The maximum absolute atomic E-state index is 11.8. The smallest absolute Gasteiger partial charge is 0.250 e. The minimum absolute atomic E-state index is 0.204. The molecule has 0 radical (unpaired) electrons. The van der Waals surface area contributed by atoms with Crippen LogP contribution < -0.4 is 5.32 Å². The maximum atomic E-state index is 11.8. The molecule has 0 aliphatic rings. The first-order chi connectivity index (χ1) is 7.66. The van der Waals surface area contributed by atoms with E-state index in [0.717, 1.165) is 4.47 Å². The molecule has 2 heterocycles. The number of nitrogens with one attached hydrogen (secondary N) is 1. The lowest BCUT2D eigenvalue weighted by molar-refractivity contribution is -0.119. The van der Waals surface area contributed by atoms with E-state index in [4.69, 9.17) is 0 Å². The predicted molar refractivity (Wildman–Crippen MR) is 59.8 cm³/mol. The molecule has 6 nitrogen and oxygen atoms in total. The summed E-state index contributed by atoms with van der Waals surface area (Å²) in [6.45, 7) is 1.74. The van der Waals surface area contributed by atoms with Crippen molar-refractivity contribution in [3.63, 3.8) is 0 Å². The second kappa shape index (κ2) is 4.48. The standard InChI is InChI=1S/C9H9BrN4O2/c1-6(14-5-7(10)4-11-14)9(15)12-8-2-3-16-13-8/h2-6H,1H3,(H,12,13,15)/t6-/m0/s1. The first-order valence-corrected chi connectivity index (χ1v) is 5.37. The molecule has 84 valence electrons. The summed E-state index contributed by atoms with van der Waals surface area (Å²) in [7, 11) is 0. The Morgan fingerprint density at radius 1 is 1.69 bits per heavy atom. The number of hydrogen-bond acceptors (Lipinski definition) is 4. The Hall–Kier alpha value is -1.63. The number of aromatic nitrogens is 3. The van der Waals surface area contributed by atoms with Crippen LogP contribution in [0.5, 0.6) is 0 Å². The molecule has 2 aromatic heterocycles. The highest BCUT2D eigenvalue weighted by Gasteiger charge is 2.16. The van der Waals surface area contributed by atoms with Crippen LogP contribution in [-0.4, -0.2) is 20.8 Å². The number of anilines is 1. The largest absolute Gasteiger partial charge is 0.363 e. The van der Waals surface area contributed by atoms with Crippen LogP contribution in [0.2, 0.25) is 0 Å². The summed E-state index contributed by atoms with van der Waals surface area (Å²) in [4.78, 5) is 11.8. The number of nitrogens with zero attached hydrogens (tertiary/aromatic N) is 3. The van der Waals surface area contributed by atoms with Crippen LogP contribution in [0.25, 0.3) is 0 Å². The van der Waals surface area contributed by atoms with Crippen LogP contribution in [0.1, 0.15) is 13.0 Å². The maximum Gasteiger partial charge on any atom is 0.250 e. The summed E-state index contributed by atoms with van der Waals surface area (Å²) in [5, 5.41) is 10.2. The van der Waals surface area contributed by atoms with Gasteiger partial charge in [0, 0.05) is 12.3 Å². The van der Waals surface area contributed by atoms with Gasteiger partial charge in [-0.1, -0.05) is 5.16 Å². The van der Waals surface area contributed by atoms with Gasteiger partial charge in [-0.3, -0.25) is 9.48 Å². The normalized spacial score (nSPS) is 12.4. The molecular formula is C9H9BrN4O2. The zero-order valence-corrected chi connectivity index (χ0v) is 10.0. The minimum atomic E-state index is -0.414. The molecule has 0 fully saturated rings. The first-order valence-electron chi connectivity index (χ1n) is 4.57. The fourth-order valence-electron chi connectivity index (χ4n) is 1.15. The molecule has 0 saturated heterocycles. The third-order valence-electron chi connectivity index (χ3n) is 2.04. The van der Waals surface area contributed by atoms with Gasteiger partial charge in [0.05, 0.1) is 10.7 Å². The average molecular weight is 285 g/mol. The molecule has 16 heavy (non-hydrogen) atoms. The van der Waals surface area contributed by atoms with Gasteiger partial charge in [-0.05, 0) is 22.9 Å². The highest BCUT2D eigenvalue weighted by atomic mass is 79.9. The van der Waals surface area contributed by atoms with E-state index in [1.165, 1.54) is 6.26 Å². The Morgan fingerprint density at radius 3 is 3.06 bits per heavy atom. The summed E-state index contributed by atoms with van der Waals surface area (Å²) in [5.74, 6) is 0.188. The lowest BCUT2D eigenvalue weighted by Gasteiger charge is -2.10. The summed E-state index contributed by atoms with van der Waals surface area (Å²) < 4.78 is 6.99. The van der Waals surface area contributed by atoms with E-state index in [1.807, 2.05) is 0 Å². The fraction of sp³-hybridized carbons (Fsp3) is 0.222. The van der Waals surface area contributed by atoms with E-state index in [-0.39, 0.29) is 5.91 Å². The van der Waals surface area contributed by atoms with Gasteiger partial charge in [0.1, 0.15) is 12.3 Å². The molecular weight excluding hydrogens is 276 g/mol. The van der Waals surface area contributed by atoms with Crippen molar-refractivity contribution < 1.29 is 9.32 Å². The van der Waals surface area contributed by atoms with Crippen molar-refractivity contribution in [1.82, 2.24) is 14.9 Å². The van der Waals surface area contributed by atoms with Crippen LogP contribution in [-0.2, 0) is 4.79 Å². The zero-order valence-electron chi connectivity index (χ0n) is 8.42. The Labute approximate surface area is 99.7 Å². The average Bonchev–Trinajstić information content (AvgIpc) is 2.88. The molecule has 0 aliphatic heterocycles. The molecule has 1 N–H and O–H groups in total. The van der Waals surface area contributed by atoms with E-state index in [1.54, 1.807) is 30.1 Å². The summed E-state index contributed by atoms with van der Waals surface area (Å²) in [5.41, 5.74) is 0. The van der Waals surface area contributed by atoms with Crippen LogP contribution in [0.15, 0.2) is 33.7 Å². The molecule has 0 aromatic carbocycles. The Balaban J connectivity index is 2.05. The van der Waals surface area contributed by atoms with Crippen LogP contribution in [0.3, 0.4) is 0 Å². The van der Waals surface area contributed by atoms with Crippen molar-refractivity contribution in [2.75, 3.05) is 5.32 Å². The topological polar surface area (TPSA) is 73.0 Å². The summed E-state index contributed by atoms with van der Waals surface area (Å²) in [6.07, 6.45) is 4.75. The van der Waals surface area contributed by atoms with Crippen molar-refractivity contribution in [2.45, 2.75) is 13.0 Å². The molecule has 0 spiro atoms. The van der Waals surface area contributed by atoms with Crippen molar-refractivity contribution in [3.8, 4) is 0 Å². The first kappa shape index (κ1) is 10.9. The lowest BCUT2D eigenvalue weighted by atomic mass is 10.3. The Kier molecular flexibility index (Phi) is 3.04. The second-order valence-electron chi connectivity index (χ2n) is 3.19. The lowest BCUT2D eigenvalue weighted by Crippen LogP contribution is -2.24. The predicted octanol–water partition coefficient (Wildman–Crippen LogP) is 1.83. The molecule has 2 aromatic rings. The Morgan fingerprint density at radius 2 is 2.50 bits per heavy atom. The highest BCUT2D eigenvalue weighted by Crippen LogP contribution is 2.13. The van der Waals surface area contributed by atoms with Gasteiger partial charge in [0.25, 0.3) is 0 Å². The Bertz CT molecular complexity index is 479. The molecule has 7 heteroatoms. The van der Waals surface area contributed by atoms with Gasteiger partial charge in [0.2, 0.25) is 5.91 Å². The van der Waals surface area contributed by atoms with E-state index in [0.29, 0.717) is 5.82 Å². The van der Waals surface area contributed by atoms with Gasteiger partial charge in [-0.25, -0.2) is 0 Å². The van der Waals surface area contributed by atoms with Gasteiger partial charge < -0.3 is 9.84 Å². The van der Waals surface area contributed by atoms with E-state index in [2.05, 4.69) is 36.0 Å². The monoisotopic (exact) mass is 284 g/mol. The molecule has 0 unspecified atom stereocenters. The number of halogens is 1. The third kappa shape index (κ3) is 2.30. The van der Waals surface area contributed by atoms with Crippen molar-refractivity contribution in [3.05, 3.63) is 29.2 Å². The molecule has 2 rings (SSSR count). The molecule has 1 amide bonds. The van der Waals surface area contributed by atoms with Gasteiger partial charge in [0.15, 0.2) is 5.82 Å². The van der Waals surface area contributed by atoms with Gasteiger partial charge in [-0.2, -0.15) is 5.10 Å². The summed E-state index contributed by atoms with van der Waals surface area (Å²) >= 11 is 3.27. The minimum Gasteiger partial charge on any atom is -0.363 e. The molecule has 0 aliphatic carbocycles. The van der Waals surface area contributed by atoms with Crippen molar-refractivity contribution in [1.29, 1.82) is 0 Å². The van der Waals surface area contributed by atoms with Gasteiger partial charge in [-0.15, -0.1) is 0 Å². The number of rotatable bonds is 3. The molecule has 0 bridgehead atoms. The SMILES string of the molecule is C[C@@H](C(=O)Nc1ccon1)n1cc(Br)cn1. The van der Waals surface area contributed by atoms with Gasteiger partial charge >= 0.3 is 0 Å². The van der Waals surface area contributed by atoms with E-state index in [9.17, 15) is 4.79 Å². The number of amides is 1.